The summed E-state index contributed by atoms with van der Waals surface area (Å²) < 4.78 is 39.1. The first-order valence-electron chi connectivity index (χ1n) is 8.28. The molecule has 1 saturated heterocycles. The second-order valence-electron chi connectivity index (χ2n) is 6.40. The molecule has 1 aliphatic rings. The number of carbonyl (C=O) groups excluding carboxylic acids is 3. The van der Waals surface area contributed by atoms with Crippen LogP contribution in [0.15, 0.2) is 54.6 Å². The van der Waals surface area contributed by atoms with Crippen LogP contribution in [0.1, 0.15) is 18.1 Å². The number of benzene rings is 2. The Balaban J connectivity index is 1.77. The molecule has 0 bridgehead atoms. The van der Waals surface area contributed by atoms with Gasteiger partial charge in [-0.2, -0.15) is 13.2 Å². The maximum atomic E-state index is 13.0. The van der Waals surface area contributed by atoms with Crippen LogP contribution in [-0.2, 0) is 21.3 Å². The van der Waals surface area contributed by atoms with Crippen LogP contribution in [-0.4, -0.2) is 29.3 Å². The molecule has 3 rings (SSSR count). The van der Waals surface area contributed by atoms with Gasteiger partial charge in [0.25, 0.3) is 5.91 Å². The maximum absolute atomic E-state index is 13.0. The fourth-order valence-electron chi connectivity index (χ4n) is 2.98. The van der Waals surface area contributed by atoms with Gasteiger partial charge in [-0.3, -0.25) is 14.5 Å². The van der Waals surface area contributed by atoms with E-state index in [-0.39, 0.29) is 0 Å². The van der Waals surface area contributed by atoms with Crippen molar-refractivity contribution in [3.8, 4) is 0 Å². The minimum Gasteiger partial charge on any atom is -0.324 e. The van der Waals surface area contributed by atoms with Gasteiger partial charge in [-0.25, -0.2) is 4.79 Å². The number of imide groups is 1. The Morgan fingerprint density at radius 3 is 2.32 bits per heavy atom. The topological polar surface area (TPSA) is 78.5 Å². The zero-order valence-corrected chi connectivity index (χ0v) is 14.7. The minimum absolute atomic E-state index is 0.446. The minimum atomic E-state index is -4.66. The van der Waals surface area contributed by atoms with E-state index in [1.807, 2.05) is 0 Å². The van der Waals surface area contributed by atoms with Gasteiger partial charge in [0.15, 0.2) is 0 Å². The normalized spacial score (nSPS) is 19.5. The summed E-state index contributed by atoms with van der Waals surface area (Å²) in [5.74, 6) is -1.58. The standard InChI is InChI=1S/C19H16F3N3O3/c1-18(12-7-3-2-4-8-12)16(27)25(17(28)24-18)11-15(26)23-14-10-6-5-9-13(14)19(20,21)22/h2-10H,11H2,1H3,(H,23,26)(H,24,28)/t18-/m0/s1. The number of rotatable bonds is 4. The number of anilines is 1. The lowest BCUT2D eigenvalue weighted by Gasteiger charge is -2.22. The number of nitrogens with zero attached hydrogens (tertiary/aromatic N) is 1. The molecule has 0 aromatic heterocycles. The number of nitrogens with one attached hydrogen (secondary N) is 2. The molecule has 0 aliphatic carbocycles. The fraction of sp³-hybridized carbons (Fsp3) is 0.211. The molecule has 2 N–H and O–H groups in total. The highest BCUT2D eigenvalue weighted by Crippen LogP contribution is 2.34. The molecule has 4 amide bonds. The highest BCUT2D eigenvalue weighted by atomic mass is 19.4. The van der Waals surface area contributed by atoms with Gasteiger partial charge >= 0.3 is 12.2 Å². The quantitative estimate of drug-likeness (QED) is 0.787. The van der Waals surface area contributed by atoms with Crippen LogP contribution in [0.25, 0.3) is 0 Å². The van der Waals surface area contributed by atoms with E-state index in [1.165, 1.54) is 19.1 Å². The summed E-state index contributed by atoms with van der Waals surface area (Å²) in [4.78, 5) is 37.9. The molecule has 0 saturated carbocycles. The molecule has 1 fully saturated rings. The first-order valence-corrected chi connectivity index (χ1v) is 8.28. The summed E-state index contributed by atoms with van der Waals surface area (Å²) in [6, 6.07) is 12.1. The third-order valence-corrected chi connectivity index (χ3v) is 4.43. The maximum Gasteiger partial charge on any atom is 0.418 e. The van der Waals surface area contributed by atoms with E-state index >= 15 is 0 Å². The van der Waals surface area contributed by atoms with Gasteiger partial charge in [0, 0.05) is 0 Å². The van der Waals surface area contributed by atoms with Crippen molar-refractivity contribution in [3.05, 3.63) is 65.7 Å². The molecular weight excluding hydrogens is 375 g/mol. The number of hydrogen-bond acceptors (Lipinski definition) is 3. The van der Waals surface area contributed by atoms with Crippen molar-refractivity contribution in [2.45, 2.75) is 18.6 Å². The van der Waals surface area contributed by atoms with Crippen molar-refractivity contribution in [2.75, 3.05) is 11.9 Å². The summed E-state index contributed by atoms with van der Waals surface area (Å²) >= 11 is 0. The van der Waals surface area contributed by atoms with Gasteiger partial charge in [0.05, 0.1) is 11.3 Å². The van der Waals surface area contributed by atoms with E-state index in [9.17, 15) is 27.6 Å². The Labute approximate surface area is 158 Å². The molecule has 2 aromatic carbocycles. The largest absolute Gasteiger partial charge is 0.418 e. The van der Waals surface area contributed by atoms with Gasteiger partial charge < -0.3 is 10.6 Å². The molecule has 0 radical (unpaired) electrons. The summed E-state index contributed by atoms with van der Waals surface area (Å²) in [5.41, 5.74) is -2.30. The Kier molecular flexibility index (Phi) is 4.84. The Morgan fingerprint density at radius 2 is 1.68 bits per heavy atom. The highest BCUT2D eigenvalue weighted by molar-refractivity contribution is 6.10. The lowest BCUT2D eigenvalue weighted by molar-refractivity contribution is -0.137. The molecule has 6 nitrogen and oxygen atoms in total. The predicted molar refractivity (Wildman–Crippen MR) is 94.1 cm³/mol. The van der Waals surface area contributed by atoms with Gasteiger partial charge in [0.1, 0.15) is 12.1 Å². The van der Waals surface area contributed by atoms with E-state index in [1.54, 1.807) is 30.3 Å². The molecule has 0 spiro atoms. The number of carbonyl (C=O) groups is 3. The molecule has 1 heterocycles. The number of amides is 4. The molecule has 1 aliphatic heterocycles. The SMILES string of the molecule is C[C@@]1(c2ccccc2)NC(=O)N(CC(=O)Nc2ccccc2C(F)(F)F)C1=O. The van der Waals surface area contributed by atoms with Crippen molar-refractivity contribution < 1.29 is 27.6 Å². The summed E-state index contributed by atoms with van der Waals surface area (Å²) in [7, 11) is 0. The number of urea groups is 1. The monoisotopic (exact) mass is 391 g/mol. The van der Waals surface area contributed by atoms with Crippen LogP contribution in [0.3, 0.4) is 0 Å². The summed E-state index contributed by atoms with van der Waals surface area (Å²) in [6.45, 7) is 0.790. The van der Waals surface area contributed by atoms with Crippen molar-refractivity contribution in [2.24, 2.45) is 0 Å². The van der Waals surface area contributed by atoms with Crippen LogP contribution in [0.4, 0.5) is 23.7 Å². The predicted octanol–water partition coefficient (Wildman–Crippen LogP) is 3.11. The van der Waals surface area contributed by atoms with E-state index in [0.717, 1.165) is 12.1 Å². The first-order chi connectivity index (χ1) is 13.1. The van der Waals surface area contributed by atoms with Gasteiger partial charge in [0.2, 0.25) is 5.91 Å². The van der Waals surface area contributed by atoms with Crippen molar-refractivity contribution in [1.29, 1.82) is 0 Å². The summed E-state index contributed by atoms with van der Waals surface area (Å²) in [6.07, 6.45) is -4.66. The van der Waals surface area contributed by atoms with Gasteiger partial charge in [-0.1, -0.05) is 42.5 Å². The molecule has 28 heavy (non-hydrogen) atoms. The molecule has 9 heteroatoms. The third-order valence-electron chi connectivity index (χ3n) is 4.43. The molecular formula is C19H16F3N3O3. The lowest BCUT2D eigenvalue weighted by atomic mass is 9.92. The second-order valence-corrected chi connectivity index (χ2v) is 6.40. The molecule has 146 valence electrons. The van der Waals surface area contributed by atoms with Crippen molar-refractivity contribution in [3.63, 3.8) is 0 Å². The zero-order chi connectivity index (χ0) is 20.5. The number of alkyl halides is 3. The molecule has 2 aromatic rings. The zero-order valence-electron chi connectivity index (χ0n) is 14.7. The average Bonchev–Trinajstić information content (AvgIpc) is 2.86. The van der Waals surface area contributed by atoms with Crippen LogP contribution in [0.2, 0.25) is 0 Å². The molecule has 1 atom stereocenters. The van der Waals surface area contributed by atoms with E-state index < -0.39 is 47.4 Å². The lowest BCUT2D eigenvalue weighted by Crippen LogP contribution is -2.42. The van der Waals surface area contributed by atoms with Crippen LogP contribution >= 0.6 is 0 Å². The Hall–Kier alpha value is -3.36. The Morgan fingerprint density at radius 1 is 1.07 bits per heavy atom. The fourth-order valence-corrected chi connectivity index (χ4v) is 2.98. The smallest absolute Gasteiger partial charge is 0.324 e. The number of hydrogen-bond donors (Lipinski definition) is 2. The highest BCUT2D eigenvalue weighted by Gasteiger charge is 2.49. The van der Waals surface area contributed by atoms with E-state index in [4.69, 9.17) is 0 Å². The summed E-state index contributed by atoms with van der Waals surface area (Å²) in [5, 5.41) is 4.65. The average molecular weight is 391 g/mol. The van der Waals surface area contributed by atoms with Crippen LogP contribution in [0.5, 0.6) is 0 Å². The van der Waals surface area contributed by atoms with Gasteiger partial charge in [-0.05, 0) is 24.6 Å². The Bertz CT molecular complexity index is 931. The van der Waals surface area contributed by atoms with Crippen LogP contribution < -0.4 is 10.6 Å². The van der Waals surface area contributed by atoms with E-state index in [2.05, 4.69) is 10.6 Å². The molecule has 0 unspecified atom stereocenters. The van der Waals surface area contributed by atoms with E-state index in [0.29, 0.717) is 10.5 Å². The number of halogens is 3. The second kappa shape index (κ2) is 6.99. The number of para-hydroxylation sites is 1. The van der Waals surface area contributed by atoms with Gasteiger partial charge in [-0.15, -0.1) is 0 Å². The van der Waals surface area contributed by atoms with Crippen molar-refractivity contribution >= 4 is 23.5 Å². The first kappa shape index (κ1) is 19.4. The van der Waals surface area contributed by atoms with Crippen LogP contribution in [0, 0.1) is 0 Å². The third kappa shape index (κ3) is 3.55. The van der Waals surface area contributed by atoms with Crippen molar-refractivity contribution in [1.82, 2.24) is 10.2 Å².